The molecule has 0 saturated heterocycles. The third kappa shape index (κ3) is 2.05. The Morgan fingerprint density at radius 3 is 2.95 bits per heavy atom. The minimum absolute atomic E-state index is 0.319. The number of thioether (sulfide) groups is 1. The Labute approximate surface area is 118 Å². The highest BCUT2D eigenvalue weighted by atomic mass is 32.2. The summed E-state index contributed by atoms with van der Waals surface area (Å²) in [6, 6.07) is 5.88. The molecule has 0 atom stereocenters. The fourth-order valence-electron chi connectivity index (χ4n) is 1.99. The number of benzene rings is 1. The van der Waals surface area contributed by atoms with Crippen molar-refractivity contribution in [3.8, 4) is 17.0 Å². The minimum atomic E-state index is -0.319. The van der Waals surface area contributed by atoms with E-state index < -0.39 is 0 Å². The van der Waals surface area contributed by atoms with Crippen LogP contribution in [0.5, 0.6) is 5.75 Å². The molecule has 0 radical (unpaired) electrons. The standard InChI is InChI=1S/C13H12N4O2S/c1-19-11-5-8(20-2)3-4-9(11)10-7-17-12(15-10)6-14-16-13(17)18/h3-7H,1-2H3,(H,16,18). The van der Waals surface area contributed by atoms with Crippen LogP contribution in [0.15, 0.2) is 40.3 Å². The van der Waals surface area contributed by atoms with E-state index in [1.54, 1.807) is 25.1 Å². The first kappa shape index (κ1) is 12.7. The number of aromatic nitrogens is 4. The molecule has 1 aromatic carbocycles. The molecule has 3 aromatic rings. The minimum Gasteiger partial charge on any atom is -0.496 e. The molecular weight excluding hydrogens is 276 g/mol. The largest absolute Gasteiger partial charge is 0.496 e. The predicted octanol–water partition coefficient (Wildman–Crippen LogP) is 1.82. The summed E-state index contributed by atoms with van der Waals surface area (Å²) in [4.78, 5) is 17.2. The van der Waals surface area contributed by atoms with Gasteiger partial charge in [-0.15, -0.1) is 11.8 Å². The smallest absolute Gasteiger partial charge is 0.347 e. The van der Waals surface area contributed by atoms with Crippen LogP contribution in [-0.4, -0.2) is 32.9 Å². The van der Waals surface area contributed by atoms with Gasteiger partial charge in [0.1, 0.15) is 5.75 Å². The van der Waals surface area contributed by atoms with Gasteiger partial charge < -0.3 is 4.74 Å². The van der Waals surface area contributed by atoms with Crippen LogP contribution in [0.3, 0.4) is 0 Å². The summed E-state index contributed by atoms with van der Waals surface area (Å²) in [6.45, 7) is 0. The number of rotatable bonds is 3. The molecule has 0 unspecified atom stereocenters. The van der Waals surface area contributed by atoms with E-state index in [1.807, 2.05) is 24.5 Å². The highest BCUT2D eigenvalue weighted by molar-refractivity contribution is 7.98. The van der Waals surface area contributed by atoms with Crippen LogP contribution < -0.4 is 10.4 Å². The van der Waals surface area contributed by atoms with Crippen molar-refractivity contribution in [2.75, 3.05) is 13.4 Å². The first-order valence-corrected chi connectivity index (χ1v) is 7.10. The van der Waals surface area contributed by atoms with Crippen LogP contribution in [0.4, 0.5) is 0 Å². The molecule has 0 amide bonds. The molecule has 2 heterocycles. The fraction of sp³-hybridized carbons (Fsp3) is 0.154. The normalized spacial score (nSPS) is 10.9. The van der Waals surface area contributed by atoms with E-state index in [9.17, 15) is 4.79 Å². The molecule has 20 heavy (non-hydrogen) atoms. The number of methoxy groups -OCH3 is 1. The summed E-state index contributed by atoms with van der Waals surface area (Å²) in [6.07, 6.45) is 5.19. The monoisotopic (exact) mass is 288 g/mol. The number of H-pyrrole nitrogens is 1. The van der Waals surface area contributed by atoms with Crippen molar-refractivity contribution >= 4 is 17.4 Å². The topological polar surface area (TPSA) is 72.3 Å². The molecule has 0 aliphatic rings. The summed E-state index contributed by atoms with van der Waals surface area (Å²) in [5.41, 5.74) is 1.70. The van der Waals surface area contributed by atoms with E-state index in [1.165, 1.54) is 10.6 Å². The van der Waals surface area contributed by atoms with E-state index >= 15 is 0 Å². The SMILES string of the molecule is COc1cc(SC)ccc1-c1cn2c(=O)[nH]ncc2n1. The molecule has 1 N–H and O–H groups in total. The zero-order valence-electron chi connectivity index (χ0n) is 11.0. The van der Waals surface area contributed by atoms with Crippen LogP contribution in [0.1, 0.15) is 0 Å². The van der Waals surface area contributed by atoms with E-state index in [0.29, 0.717) is 11.3 Å². The van der Waals surface area contributed by atoms with E-state index in [0.717, 1.165) is 16.2 Å². The summed E-state index contributed by atoms with van der Waals surface area (Å²) >= 11 is 1.64. The van der Waals surface area contributed by atoms with E-state index in [2.05, 4.69) is 15.2 Å². The lowest BCUT2D eigenvalue weighted by atomic mass is 10.1. The molecule has 0 saturated carbocycles. The number of fused-ring (bicyclic) bond motifs is 1. The molecule has 6 nitrogen and oxygen atoms in total. The van der Waals surface area contributed by atoms with Gasteiger partial charge in [-0.2, -0.15) is 5.10 Å². The molecule has 3 rings (SSSR count). The van der Waals surface area contributed by atoms with Gasteiger partial charge in [-0.05, 0) is 24.5 Å². The first-order valence-electron chi connectivity index (χ1n) is 5.88. The third-order valence-corrected chi connectivity index (χ3v) is 3.70. The highest BCUT2D eigenvalue weighted by Gasteiger charge is 2.12. The quantitative estimate of drug-likeness (QED) is 0.744. The molecule has 0 spiro atoms. The van der Waals surface area contributed by atoms with Crippen LogP contribution in [0.2, 0.25) is 0 Å². The van der Waals surface area contributed by atoms with Crippen molar-refractivity contribution in [1.82, 2.24) is 19.6 Å². The van der Waals surface area contributed by atoms with Gasteiger partial charge in [0.05, 0.1) is 19.0 Å². The summed E-state index contributed by atoms with van der Waals surface area (Å²) in [7, 11) is 1.62. The number of aromatic amines is 1. The van der Waals surface area contributed by atoms with Crippen molar-refractivity contribution in [3.05, 3.63) is 41.1 Å². The number of hydrogen-bond donors (Lipinski definition) is 1. The van der Waals surface area contributed by atoms with Crippen molar-refractivity contribution in [2.45, 2.75) is 4.90 Å². The number of nitrogens with one attached hydrogen (secondary N) is 1. The van der Waals surface area contributed by atoms with Crippen molar-refractivity contribution in [3.63, 3.8) is 0 Å². The molecule has 0 aliphatic heterocycles. The van der Waals surface area contributed by atoms with Gasteiger partial charge >= 0.3 is 5.69 Å². The van der Waals surface area contributed by atoms with Gasteiger partial charge in [-0.1, -0.05) is 0 Å². The van der Waals surface area contributed by atoms with Gasteiger partial charge in [0, 0.05) is 16.7 Å². The number of hydrogen-bond acceptors (Lipinski definition) is 5. The summed E-state index contributed by atoms with van der Waals surface area (Å²) in [5, 5.41) is 6.10. The van der Waals surface area contributed by atoms with Crippen molar-refractivity contribution in [2.24, 2.45) is 0 Å². The van der Waals surface area contributed by atoms with Gasteiger partial charge in [-0.3, -0.25) is 0 Å². The maximum atomic E-state index is 11.6. The second-order valence-electron chi connectivity index (χ2n) is 4.10. The third-order valence-electron chi connectivity index (χ3n) is 2.98. The van der Waals surface area contributed by atoms with Gasteiger partial charge in [0.15, 0.2) is 5.65 Å². The molecule has 0 bridgehead atoms. The van der Waals surface area contributed by atoms with Gasteiger partial charge in [-0.25, -0.2) is 19.3 Å². The number of ether oxygens (including phenoxy) is 1. The van der Waals surface area contributed by atoms with Crippen LogP contribution in [0.25, 0.3) is 16.9 Å². The first-order chi connectivity index (χ1) is 9.72. The fourth-order valence-corrected chi connectivity index (χ4v) is 2.42. The molecular formula is C13H12N4O2S. The Kier molecular flexibility index (Phi) is 3.19. The molecule has 0 aliphatic carbocycles. The second kappa shape index (κ2) is 5.01. The Morgan fingerprint density at radius 2 is 2.25 bits per heavy atom. The summed E-state index contributed by atoms with van der Waals surface area (Å²) in [5.74, 6) is 0.727. The zero-order valence-corrected chi connectivity index (χ0v) is 11.8. The Hall–Kier alpha value is -2.28. The lowest BCUT2D eigenvalue weighted by molar-refractivity contribution is 0.415. The molecule has 2 aromatic heterocycles. The molecule has 102 valence electrons. The Morgan fingerprint density at radius 1 is 1.40 bits per heavy atom. The Balaban J connectivity index is 2.20. The van der Waals surface area contributed by atoms with Gasteiger partial charge in [0.25, 0.3) is 0 Å². The Bertz CT molecular complexity index is 825. The van der Waals surface area contributed by atoms with E-state index in [4.69, 9.17) is 4.74 Å². The van der Waals surface area contributed by atoms with Gasteiger partial charge in [0.2, 0.25) is 0 Å². The van der Waals surface area contributed by atoms with Crippen LogP contribution in [-0.2, 0) is 0 Å². The molecule has 0 fully saturated rings. The van der Waals surface area contributed by atoms with Crippen molar-refractivity contribution < 1.29 is 4.74 Å². The summed E-state index contributed by atoms with van der Waals surface area (Å²) < 4.78 is 6.83. The highest BCUT2D eigenvalue weighted by Crippen LogP contribution is 2.32. The maximum absolute atomic E-state index is 11.6. The lowest BCUT2D eigenvalue weighted by Gasteiger charge is -2.07. The molecule has 7 heteroatoms. The average Bonchev–Trinajstić information content (AvgIpc) is 2.92. The zero-order chi connectivity index (χ0) is 14.1. The predicted molar refractivity (Wildman–Crippen MR) is 77.4 cm³/mol. The van der Waals surface area contributed by atoms with E-state index in [-0.39, 0.29) is 5.69 Å². The van der Waals surface area contributed by atoms with Crippen LogP contribution in [0, 0.1) is 0 Å². The number of imidazole rings is 1. The second-order valence-corrected chi connectivity index (χ2v) is 4.98. The number of nitrogens with zero attached hydrogens (tertiary/aromatic N) is 3. The van der Waals surface area contributed by atoms with Crippen molar-refractivity contribution in [1.29, 1.82) is 0 Å². The van der Waals surface area contributed by atoms with Crippen LogP contribution >= 0.6 is 11.8 Å². The maximum Gasteiger partial charge on any atom is 0.347 e. The lowest BCUT2D eigenvalue weighted by Crippen LogP contribution is -2.15. The average molecular weight is 288 g/mol.